The summed E-state index contributed by atoms with van der Waals surface area (Å²) in [5.74, 6) is 2.57. The van der Waals surface area contributed by atoms with Crippen molar-refractivity contribution in [3.05, 3.63) is 11.5 Å². The minimum atomic E-state index is 0.112. The van der Waals surface area contributed by atoms with E-state index in [1.54, 1.807) is 0 Å². The number of rotatable bonds is 3. The molecule has 0 atom stereocenters. The van der Waals surface area contributed by atoms with Gasteiger partial charge in [0.15, 0.2) is 11.0 Å². The lowest BCUT2D eigenvalue weighted by atomic mass is 10.5. The second-order valence-corrected chi connectivity index (χ2v) is 2.38. The van der Waals surface area contributed by atoms with E-state index in [0.29, 0.717) is 5.82 Å². The Hall–Kier alpha value is -1.51. The molecule has 5 nitrogen and oxygen atoms in total. The molecule has 0 aliphatic carbocycles. The molecule has 0 radical (unpaired) electrons. The predicted molar refractivity (Wildman–Crippen MR) is 49.9 cm³/mol. The second kappa shape index (κ2) is 4.50. The molecule has 68 valence electrons. The van der Waals surface area contributed by atoms with Gasteiger partial charge in [-0.15, -0.1) is 6.42 Å². The zero-order valence-electron chi connectivity index (χ0n) is 6.62. The molecule has 6 heteroatoms. The summed E-state index contributed by atoms with van der Waals surface area (Å²) in [6.45, 7) is 0.112. The number of nitrogens with one attached hydrogen (secondary N) is 1. The SMILES string of the molecule is C#CCONc1ncnc(Cl)c1N. The first kappa shape index (κ1) is 9.58. The summed E-state index contributed by atoms with van der Waals surface area (Å²) in [7, 11) is 0. The summed E-state index contributed by atoms with van der Waals surface area (Å²) in [6.07, 6.45) is 6.22. The topological polar surface area (TPSA) is 73.1 Å². The third-order valence-electron chi connectivity index (χ3n) is 1.16. The molecular weight excluding hydrogens is 192 g/mol. The van der Waals surface area contributed by atoms with Crippen molar-refractivity contribution in [2.24, 2.45) is 0 Å². The number of terminal acetylenes is 1. The zero-order chi connectivity index (χ0) is 9.68. The van der Waals surface area contributed by atoms with Crippen LogP contribution in [-0.4, -0.2) is 16.6 Å². The Morgan fingerprint density at radius 3 is 3.15 bits per heavy atom. The molecular formula is C7H7ClN4O. The highest BCUT2D eigenvalue weighted by Gasteiger charge is 2.04. The zero-order valence-corrected chi connectivity index (χ0v) is 7.38. The van der Waals surface area contributed by atoms with Crippen LogP contribution in [-0.2, 0) is 4.84 Å². The van der Waals surface area contributed by atoms with E-state index >= 15 is 0 Å². The van der Waals surface area contributed by atoms with Crippen molar-refractivity contribution < 1.29 is 4.84 Å². The molecule has 0 aliphatic rings. The van der Waals surface area contributed by atoms with Crippen LogP contribution in [0.5, 0.6) is 0 Å². The lowest BCUT2D eigenvalue weighted by molar-refractivity contribution is 0.232. The van der Waals surface area contributed by atoms with Gasteiger partial charge in [0.25, 0.3) is 0 Å². The number of aromatic nitrogens is 2. The van der Waals surface area contributed by atoms with E-state index in [-0.39, 0.29) is 17.4 Å². The molecule has 13 heavy (non-hydrogen) atoms. The van der Waals surface area contributed by atoms with Crippen LogP contribution < -0.4 is 11.2 Å². The molecule has 0 saturated carbocycles. The third kappa shape index (κ3) is 2.47. The Kier molecular flexibility index (Phi) is 3.31. The number of nitrogens with two attached hydrogens (primary N) is 1. The normalized spacial score (nSPS) is 9.23. The van der Waals surface area contributed by atoms with E-state index < -0.39 is 0 Å². The highest BCUT2D eigenvalue weighted by molar-refractivity contribution is 6.32. The maximum atomic E-state index is 5.61. The van der Waals surface area contributed by atoms with E-state index in [2.05, 4.69) is 21.4 Å². The van der Waals surface area contributed by atoms with Crippen molar-refractivity contribution in [2.45, 2.75) is 0 Å². The quantitative estimate of drug-likeness (QED) is 0.324. The number of hydrogen-bond acceptors (Lipinski definition) is 5. The highest BCUT2D eigenvalue weighted by Crippen LogP contribution is 2.21. The summed E-state index contributed by atoms with van der Waals surface area (Å²) in [4.78, 5) is 12.2. The smallest absolute Gasteiger partial charge is 0.177 e. The first-order valence-electron chi connectivity index (χ1n) is 3.33. The average molecular weight is 199 g/mol. The van der Waals surface area contributed by atoms with Gasteiger partial charge in [-0.1, -0.05) is 17.5 Å². The fourth-order valence-corrected chi connectivity index (χ4v) is 0.735. The van der Waals surface area contributed by atoms with Crippen molar-refractivity contribution in [1.82, 2.24) is 9.97 Å². The summed E-state index contributed by atoms with van der Waals surface area (Å²) < 4.78 is 0. The largest absolute Gasteiger partial charge is 0.393 e. The highest BCUT2D eigenvalue weighted by atomic mass is 35.5. The van der Waals surface area contributed by atoms with Gasteiger partial charge in [-0.25, -0.2) is 15.4 Å². The summed E-state index contributed by atoms with van der Waals surface area (Å²) in [5.41, 5.74) is 8.19. The van der Waals surface area contributed by atoms with Crippen LogP contribution in [0.15, 0.2) is 6.33 Å². The second-order valence-electron chi connectivity index (χ2n) is 2.02. The molecule has 0 unspecified atom stereocenters. The third-order valence-corrected chi connectivity index (χ3v) is 1.46. The molecule has 3 N–H and O–H groups in total. The van der Waals surface area contributed by atoms with Gasteiger partial charge in [-0.3, -0.25) is 4.84 Å². The number of anilines is 2. The van der Waals surface area contributed by atoms with E-state index in [0.717, 1.165) is 0 Å². The number of hydrogen-bond donors (Lipinski definition) is 2. The van der Waals surface area contributed by atoms with Gasteiger partial charge in [0.2, 0.25) is 0 Å². The van der Waals surface area contributed by atoms with E-state index in [9.17, 15) is 0 Å². The minimum absolute atomic E-state index is 0.112. The van der Waals surface area contributed by atoms with E-state index in [4.69, 9.17) is 28.6 Å². The molecule has 1 rings (SSSR count). The Bertz CT molecular complexity index is 336. The van der Waals surface area contributed by atoms with Crippen LogP contribution >= 0.6 is 11.6 Å². The van der Waals surface area contributed by atoms with Crippen molar-refractivity contribution in [2.75, 3.05) is 17.8 Å². The van der Waals surface area contributed by atoms with Crippen LogP contribution in [0, 0.1) is 12.3 Å². The molecule has 0 amide bonds. The lowest BCUT2D eigenvalue weighted by Crippen LogP contribution is -2.06. The first-order valence-corrected chi connectivity index (χ1v) is 3.70. The van der Waals surface area contributed by atoms with E-state index in [1.165, 1.54) is 6.33 Å². The predicted octanol–water partition coefficient (Wildman–Crippen LogP) is 0.689. The number of nitrogen functional groups attached to an aromatic ring is 1. The Labute approximate surface area is 80.2 Å². The molecule has 1 heterocycles. The standard InChI is InChI=1S/C7H7ClN4O/c1-2-3-13-12-7-5(9)6(8)10-4-11-7/h1,4H,3,9H2,(H,10,11,12). The van der Waals surface area contributed by atoms with Crippen molar-refractivity contribution in [3.8, 4) is 12.3 Å². The maximum Gasteiger partial charge on any atom is 0.177 e. The van der Waals surface area contributed by atoms with Crippen LogP contribution in [0.1, 0.15) is 0 Å². The number of halogens is 1. The summed E-state index contributed by atoms with van der Waals surface area (Å²) >= 11 is 5.61. The molecule has 0 saturated heterocycles. The van der Waals surface area contributed by atoms with Gasteiger partial charge in [0, 0.05) is 0 Å². The van der Waals surface area contributed by atoms with E-state index in [1.807, 2.05) is 0 Å². The van der Waals surface area contributed by atoms with Crippen LogP contribution in [0.25, 0.3) is 0 Å². The van der Waals surface area contributed by atoms with Crippen molar-refractivity contribution >= 4 is 23.1 Å². The average Bonchev–Trinajstić information content (AvgIpc) is 2.13. The Balaban J connectivity index is 2.67. The van der Waals surface area contributed by atoms with Gasteiger partial charge < -0.3 is 5.73 Å². The van der Waals surface area contributed by atoms with Crippen molar-refractivity contribution in [1.29, 1.82) is 0 Å². The molecule has 0 aromatic carbocycles. The monoisotopic (exact) mass is 198 g/mol. The van der Waals surface area contributed by atoms with Gasteiger partial charge in [-0.2, -0.15) is 0 Å². The first-order chi connectivity index (χ1) is 6.25. The fourth-order valence-electron chi connectivity index (χ4n) is 0.602. The van der Waals surface area contributed by atoms with Gasteiger partial charge in [0.05, 0.1) is 0 Å². The molecule has 1 aromatic rings. The van der Waals surface area contributed by atoms with Gasteiger partial charge in [0.1, 0.15) is 18.6 Å². The van der Waals surface area contributed by atoms with Crippen LogP contribution in [0.2, 0.25) is 5.15 Å². The van der Waals surface area contributed by atoms with Gasteiger partial charge >= 0.3 is 0 Å². The summed E-state index contributed by atoms with van der Waals surface area (Å²) in [5, 5.41) is 0.168. The van der Waals surface area contributed by atoms with Crippen LogP contribution in [0.4, 0.5) is 11.5 Å². The Morgan fingerprint density at radius 2 is 2.46 bits per heavy atom. The summed E-state index contributed by atoms with van der Waals surface area (Å²) in [6, 6.07) is 0. The Morgan fingerprint density at radius 1 is 1.69 bits per heavy atom. The maximum absolute atomic E-state index is 5.61. The lowest BCUT2D eigenvalue weighted by Gasteiger charge is -2.05. The van der Waals surface area contributed by atoms with Crippen LogP contribution in [0.3, 0.4) is 0 Å². The fraction of sp³-hybridized carbons (Fsp3) is 0.143. The molecule has 0 aliphatic heterocycles. The number of nitrogens with zero attached hydrogens (tertiary/aromatic N) is 2. The molecule has 1 aromatic heterocycles. The molecule has 0 bridgehead atoms. The molecule has 0 spiro atoms. The van der Waals surface area contributed by atoms with Gasteiger partial charge in [-0.05, 0) is 0 Å². The van der Waals surface area contributed by atoms with Crippen molar-refractivity contribution in [3.63, 3.8) is 0 Å². The molecule has 0 fully saturated rings. The minimum Gasteiger partial charge on any atom is -0.393 e.